The van der Waals surface area contributed by atoms with Crippen molar-refractivity contribution in [3.05, 3.63) is 30.2 Å². The summed E-state index contributed by atoms with van der Waals surface area (Å²) in [6.45, 7) is 3.39. The molecule has 0 radical (unpaired) electrons. The number of nitrogens with two attached hydrogens (primary N) is 1. The minimum absolute atomic E-state index is 0.176. The van der Waals surface area contributed by atoms with E-state index >= 15 is 0 Å². The summed E-state index contributed by atoms with van der Waals surface area (Å²) < 4.78 is 12.7. The molecule has 0 saturated heterocycles. The van der Waals surface area contributed by atoms with E-state index in [0.717, 1.165) is 0 Å². The van der Waals surface area contributed by atoms with E-state index in [1.54, 1.807) is 0 Å². The smallest absolute Gasteiger partial charge is 0.135 e. The molecule has 3 heteroatoms. The molecule has 1 heterocycles. The van der Waals surface area contributed by atoms with E-state index in [4.69, 9.17) is 5.73 Å². The third kappa shape index (κ3) is 0.978. The SMILES string of the molecule is C=Cc1c(F)ccnc1N. The van der Waals surface area contributed by atoms with Gasteiger partial charge in [0.15, 0.2) is 0 Å². The molecule has 1 rings (SSSR count). The van der Waals surface area contributed by atoms with Crippen molar-refractivity contribution < 1.29 is 4.39 Å². The molecule has 10 heavy (non-hydrogen) atoms. The van der Waals surface area contributed by atoms with Crippen LogP contribution in [-0.2, 0) is 0 Å². The van der Waals surface area contributed by atoms with Crippen molar-refractivity contribution in [1.82, 2.24) is 4.98 Å². The normalized spacial score (nSPS) is 9.30. The van der Waals surface area contributed by atoms with Crippen molar-refractivity contribution in [3.63, 3.8) is 0 Å². The van der Waals surface area contributed by atoms with Gasteiger partial charge in [0.2, 0.25) is 0 Å². The van der Waals surface area contributed by atoms with Crippen molar-refractivity contribution in [2.45, 2.75) is 0 Å². The number of hydrogen-bond donors (Lipinski definition) is 1. The largest absolute Gasteiger partial charge is 0.383 e. The Balaban J connectivity index is 3.30. The number of hydrogen-bond acceptors (Lipinski definition) is 2. The Morgan fingerprint density at radius 2 is 2.40 bits per heavy atom. The van der Waals surface area contributed by atoms with Crippen LogP contribution in [0, 0.1) is 5.82 Å². The highest BCUT2D eigenvalue weighted by Crippen LogP contribution is 2.12. The van der Waals surface area contributed by atoms with Crippen LogP contribution in [0.2, 0.25) is 0 Å². The summed E-state index contributed by atoms with van der Waals surface area (Å²) in [6.07, 6.45) is 2.66. The summed E-state index contributed by atoms with van der Waals surface area (Å²) >= 11 is 0. The highest BCUT2D eigenvalue weighted by Gasteiger charge is 2.00. The van der Waals surface area contributed by atoms with Crippen LogP contribution in [0.4, 0.5) is 10.2 Å². The summed E-state index contributed by atoms with van der Waals surface area (Å²) in [5.41, 5.74) is 5.58. The second kappa shape index (κ2) is 2.47. The lowest BCUT2D eigenvalue weighted by atomic mass is 10.2. The zero-order chi connectivity index (χ0) is 7.56. The van der Waals surface area contributed by atoms with E-state index in [-0.39, 0.29) is 17.2 Å². The summed E-state index contributed by atoms with van der Waals surface area (Å²) in [5.74, 6) is -0.211. The standard InChI is InChI=1S/C7H7FN2/c1-2-5-6(8)3-4-10-7(5)9/h2-4H,1H2,(H2,9,10). The quantitative estimate of drug-likeness (QED) is 0.637. The van der Waals surface area contributed by atoms with Gasteiger partial charge in [-0.1, -0.05) is 12.7 Å². The Hall–Kier alpha value is -1.38. The van der Waals surface area contributed by atoms with E-state index in [1.165, 1.54) is 18.3 Å². The third-order valence-corrected chi connectivity index (χ3v) is 1.17. The van der Waals surface area contributed by atoms with Crippen molar-refractivity contribution in [3.8, 4) is 0 Å². The molecule has 0 bridgehead atoms. The number of anilines is 1. The van der Waals surface area contributed by atoms with Crippen molar-refractivity contribution >= 4 is 11.9 Å². The number of nitrogen functional groups attached to an aromatic ring is 1. The van der Waals surface area contributed by atoms with Gasteiger partial charge in [0.1, 0.15) is 11.6 Å². The highest BCUT2D eigenvalue weighted by atomic mass is 19.1. The number of rotatable bonds is 1. The lowest BCUT2D eigenvalue weighted by molar-refractivity contribution is 0.624. The van der Waals surface area contributed by atoms with Crippen LogP contribution in [0.25, 0.3) is 6.08 Å². The zero-order valence-electron chi connectivity index (χ0n) is 5.34. The fourth-order valence-corrected chi connectivity index (χ4v) is 0.667. The van der Waals surface area contributed by atoms with Gasteiger partial charge in [-0.25, -0.2) is 9.37 Å². The number of halogens is 1. The fourth-order valence-electron chi connectivity index (χ4n) is 0.667. The van der Waals surface area contributed by atoms with Crippen LogP contribution in [0.15, 0.2) is 18.8 Å². The summed E-state index contributed by atoms with van der Waals surface area (Å²) in [4.78, 5) is 3.68. The van der Waals surface area contributed by atoms with Gasteiger partial charge in [-0.05, 0) is 6.07 Å². The summed E-state index contributed by atoms with van der Waals surface area (Å²) in [5, 5.41) is 0. The first kappa shape index (κ1) is 6.74. The van der Waals surface area contributed by atoms with E-state index in [2.05, 4.69) is 11.6 Å². The van der Waals surface area contributed by atoms with Gasteiger partial charge in [-0.3, -0.25) is 0 Å². The Morgan fingerprint density at radius 1 is 1.70 bits per heavy atom. The van der Waals surface area contributed by atoms with Crippen molar-refractivity contribution in [1.29, 1.82) is 0 Å². The lowest BCUT2D eigenvalue weighted by Gasteiger charge is -1.97. The predicted molar refractivity (Wildman–Crippen MR) is 38.7 cm³/mol. The van der Waals surface area contributed by atoms with E-state index in [9.17, 15) is 4.39 Å². The van der Waals surface area contributed by atoms with Crippen LogP contribution < -0.4 is 5.73 Å². The molecular weight excluding hydrogens is 131 g/mol. The zero-order valence-corrected chi connectivity index (χ0v) is 5.34. The second-order valence-electron chi connectivity index (χ2n) is 1.80. The van der Waals surface area contributed by atoms with Crippen LogP contribution in [0.3, 0.4) is 0 Å². The minimum atomic E-state index is -0.387. The monoisotopic (exact) mass is 138 g/mol. The van der Waals surface area contributed by atoms with Gasteiger partial charge >= 0.3 is 0 Å². The Morgan fingerprint density at radius 3 is 2.80 bits per heavy atom. The first-order valence-electron chi connectivity index (χ1n) is 2.78. The Bertz CT molecular complexity index is 238. The molecule has 0 spiro atoms. The van der Waals surface area contributed by atoms with Crippen molar-refractivity contribution in [2.24, 2.45) is 0 Å². The Kier molecular flexibility index (Phi) is 1.67. The van der Waals surface area contributed by atoms with E-state index in [0.29, 0.717) is 0 Å². The molecule has 0 unspecified atom stereocenters. The van der Waals surface area contributed by atoms with Crippen LogP contribution in [0.5, 0.6) is 0 Å². The second-order valence-corrected chi connectivity index (χ2v) is 1.80. The molecule has 0 aliphatic heterocycles. The average molecular weight is 138 g/mol. The van der Waals surface area contributed by atoms with Gasteiger partial charge in [-0.15, -0.1) is 0 Å². The molecule has 0 saturated carbocycles. The minimum Gasteiger partial charge on any atom is -0.383 e. The summed E-state index contributed by atoms with van der Waals surface area (Å²) in [7, 11) is 0. The van der Waals surface area contributed by atoms with Crippen LogP contribution in [-0.4, -0.2) is 4.98 Å². The first-order valence-corrected chi connectivity index (χ1v) is 2.78. The summed E-state index contributed by atoms with van der Waals surface area (Å²) in [6, 6.07) is 1.24. The molecule has 1 aromatic heterocycles. The number of nitrogens with zero attached hydrogens (tertiary/aromatic N) is 1. The fraction of sp³-hybridized carbons (Fsp3) is 0. The molecular formula is C7H7FN2. The average Bonchev–Trinajstić information content (AvgIpc) is 1.88. The maximum Gasteiger partial charge on any atom is 0.135 e. The Labute approximate surface area is 58.2 Å². The van der Waals surface area contributed by atoms with E-state index < -0.39 is 0 Å². The predicted octanol–water partition coefficient (Wildman–Crippen LogP) is 1.45. The molecule has 0 amide bonds. The number of aromatic nitrogens is 1. The molecule has 2 N–H and O–H groups in total. The molecule has 0 aliphatic carbocycles. The maximum atomic E-state index is 12.7. The van der Waals surface area contributed by atoms with E-state index in [1.807, 2.05) is 0 Å². The molecule has 0 aromatic carbocycles. The third-order valence-electron chi connectivity index (χ3n) is 1.17. The highest BCUT2D eigenvalue weighted by molar-refractivity contribution is 5.59. The molecule has 1 aromatic rings. The lowest BCUT2D eigenvalue weighted by Crippen LogP contribution is -1.95. The molecule has 0 fully saturated rings. The maximum absolute atomic E-state index is 12.7. The molecule has 0 atom stereocenters. The van der Waals surface area contributed by atoms with Gasteiger partial charge < -0.3 is 5.73 Å². The molecule has 0 aliphatic rings. The molecule has 52 valence electrons. The van der Waals surface area contributed by atoms with Gasteiger partial charge in [0, 0.05) is 6.20 Å². The first-order chi connectivity index (χ1) is 4.75. The van der Waals surface area contributed by atoms with Gasteiger partial charge in [-0.2, -0.15) is 0 Å². The number of pyridine rings is 1. The van der Waals surface area contributed by atoms with Gasteiger partial charge in [0.05, 0.1) is 5.56 Å². The topological polar surface area (TPSA) is 38.9 Å². The van der Waals surface area contributed by atoms with Gasteiger partial charge in [0.25, 0.3) is 0 Å². The van der Waals surface area contributed by atoms with Crippen LogP contribution in [0.1, 0.15) is 5.56 Å². The van der Waals surface area contributed by atoms with Crippen LogP contribution >= 0.6 is 0 Å². The molecule has 2 nitrogen and oxygen atoms in total. The van der Waals surface area contributed by atoms with Crippen molar-refractivity contribution in [2.75, 3.05) is 5.73 Å².